The Morgan fingerprint density at radius 3 is 2.83 bits per heavy atom. The monoisotopic (exact) mass is 196 g/mol. The van der Waals surface area contributed by atoms with Crippen molar-refractivity contribution in [2.45, 2.75) is 4.34 Å². The Labute approximate surface area is 77.6 Å². The maximum atomic E-state index is 8.52. The number of aromatic nitrogens is 1. The van der Waals surface area contributed by atoms with Gasteiger partial charge in [0, 0.05) is 0 Å². The number of nitrogens with two attached hydrogens (primary N) is 1. The SMILES string of the molecule is N#CCSc1nc(N)c(C#N)s1. The third kappa shape index (κ3) is 1.88. The molecule has 0 spiro atoms. The molecule has 0 aliphatic carbocycles. The molecule has 0 aliphatic rings. The Bertz CT molecular complexity index is 357. The van der Waals surface area contributed by atoms with Crippen molar-refractivity contribution in [3.63, 3.8) is 0 Å². The van der Waals surface area contributed by atoms with Crippen LogP contribution in [0.3, 0.4) is 0 Å². The minimum absolute atomic E-state index is 0.253. The zero-order valence-corrected chi connectivity index (χ0v) is 7.58. The molecule has 0 bridgehead atoms. The lowest BCUT2D eigenvalue weighted by molar-refractivity contribution is 1.26. The molecule has 0 unspecified atom stereocenters. The molecule has 1 rings (SSSR count). The summed E-state index contributed by atoms with van der Waals surface area (Å²) in [6.07, 6.45) is 0. The van der Waals surface area contributed by atoms with Crippen molar-refractivity contribution >= 4 is 28.9 Å². The van der Waals surface area contributed by atoms with E-state index in [0.717, 1.165) is 0 Å². The average molecular weight is 196 g/mol. The van der Waals surface area contributed by atoms with Gasteiger partial charge >= 0.3 is 0 Å². The number of nitriles is 2. The summed E-state index contributed by atoms with van der Waals surface area (Å²) in [5.74, 6) is 0.584. The topological polar surface area (TPSA) is 86.5 Å². The molecule has 0 fully saturated rings. The maximum Gasteiger partial charge on any atom is 0.154 e. The standard InChI is InChI=1S/C6H4N4S2/c7-1-2-11-6-10-5(9)4(3-8)12-6/h2,9H2. The molecule has 0 aromatic carbocycles. The highest BCUT2D eigenvalue weighted by Crippen LogP contribution is 2.27. The first-order chi connectivity index (χ1) is 5.77. The van der Waals surface area contributed by atoms with Gasteiger partial charge in [0.2, 0.25) is 0 Å². The lowest BCUT2D eigenvalue weighted by atomic mass is 10.6. The van der Waals surface area contributed by atoms with Gasteiger partial charge < -0.3 is 5.73 Å². The van der Waals surface area contributed by atoms with Crippen molar-refractivity contribution in [3.05, 3.63) is 4.88 Å². The van der Waals surface area contributed by atoms with Gasteiger partial charge in [0.05, 0.1) is 11.8 Å². The number of hydrogen-bond donors (Lipinski definition) is 1. The Balaban J connectivity index is 2.78. The minimum Gasteiger partial charge on any atom is -0.382 e. The molecule has 0 saturated heterocycles. The van der Waals surface area contributed by atoms with E-state index in [1.54, 1.807) is 0 Å². The minimum atomic E-state index is 0.253. The molecular formula is C6H4N4S2. The summed E-state index contributed by atoms with van der Waals surface area (Å²) in [4.78, 5) is 4.32. The third-order valence-corrected chi connectivity index (χ3v) is 2.98. The van der Waals surface area contributed by atoms with E-state index in [1.807, 2.05) is 12.1 Å². The normalized spacial score (nSPS) is 8.83. The van der Waals surface area contributed by atoms with Gasteiger partial charge in [-0.1, -0.05) is 23.1 Å². The van der Waals surface area contributed by atoms with Crippen molar-refractivity contribution < 1.29 is 0 Å². The van der Waals surface area contributed by atoms with Gasteiger partial charge in [0.1, 0.15) is 10.9 Å². The lowest BCUT2D eigenvalue weighted by Crippen LogP contribution is -1.86. The van der Waals surface area contributed by atoms with Gasteiger partial charge in [0.15, 0.2) is 10.2 Å². The summed E-state index contributed by atoms with van der Waals surface area (Å²) >= 11 is 2.50. The molecule has 1 aromatic heterocycles. The summed E-state index contributed by atoms with van der Waals surface area (Å²) in [5, 5.41) is 16.8. The van der Waals surface area contributed by atoms with E-state index in [1.165, 1.54) is 23.1 Å². The Morgan fingerprint density at radius 2 is 2.33 bits per heavy atom. The second-order valence-corrected chi connectivity index (χ2v) is 3.97. The van der Waals surface area contributed by atoms with Crippen LogP contribution in [0.5, 0.6) is 0 Å². The number of nitrogens with zero attached hydrogens (tertiary/aromatic N) is 3. The predicted molar refractivity (Wildman–Crippen MR) is 47.6 cm³/mol. The quantitative estimate of drug-likeness (QED) is 0.718. The molecule has 2 N–H and O–H groups in total. The van der Waals surface area contributed by atoms with Crippen LogP contribution in [0.25, 0.3) is 0 Å². The summed E-state index contributed by atoms with van der Waals surface area (Å²) in [5.41, 5.74) is 5.40. The Kier molecular flexibility index (Phi) is 2.92. The number of rotatable bonds is 2. The number of thiazole rings is 1. The van der Waals surface area contributed by atoms with Gasteiger partial charge in [-0.15, -0.1) is 0 Å². The van der Waals surface area contributed by atoms with E-state index in [2.05, 4.69) is 4.98 Å². The van der Waals surface area contributed by atoms with E-state index >= 15 is 0 Å². The van der Waals surface area contributed by atoms with Gasteiger partial charge in [0.25, 0.3) is 0 Å². The zero-order valence-electron chi connectivity index (χ0n) is 5.94. The number of nitrogen functional groups attached to an aromatic ring is 1. The molecule has 12 heavy (non-hydrogen) atoms. The first-order valence-electron chi connectivity index (χ1n) is 2.94. The van der Waals surface area contributed by atoms with Gasteiger partial charge in [-0.3, -0.25) is 0 Å². The molecule has 0 saturated carbocycles. The van der Waals surface area contributed by atoms with E-state index in [9.17, 15) is 0 Å². The highest BCUT2D eigenvalue weighted by Gasteiger charge is 2.06. The lowest BCUT2D eigenvalue weighted by Gasteiger charge is -1.83. The fraction of sp³-hybridized carbons (Fsp3) is 0.167. The zero-order chi connectivity index (χ0) is 8.97. The van der Waals surface area contributed by atoms with Gasteiger partial charge in [-0.25, -0.2) is 4.98 Å². The van der Waals surface area contributed by atoms with Crippen LogP contribution < -0.4 is 5.73 Å². The van der Waals surface area contributed by atoms with Crippen molar-refractivity contribution in [2.75, 3.05) is 11.5 Å². The van der Waals surface area contributed by atoms with Gasteiger partial charge in [-0.05, 0) is 0 Å². The molecular weight excluding hydrogens is 192 g/mol. The molecule has 60 valence electrons. The molecule has 0 radical (unpaired) electrons. The molecule has 1 aromatic rings. The van der Waals surface area contributed by atoms with Crippen molar-refractivity contribution in [3.8, 4) is 12.1 Å². The van der Waals surface area contributed by atoms with E-state index in [4.69, 9.17) is 16.3 Å². The fourth-order valence-electron chi connectivity index (χ4n) is 0.547. The van der Waals surface area contributed by atoms with Crippen LogP contribution in [0.4, 0.5) is 5.82 Å². The van der Waals surface area contributed by atoms with Crippen molar-refractivity contribution in [2.24, 2.45) is 0 Å². The van der Waals surface area contributed by atoms with E-state index in [-0.39, 0.29) is 5.82 Å². The highest BCUT2D eigenvalue weighted by molar-refractivity contribution is 8.01. The summed E-state index contributed by atoms with van der Waals surface area (Å²) in [7, 11) is 0. The smallest absolute Gasteiger partial charge is 0.154 e. The largest absolute Gasteiger partial charge is 0.382 e. The summed E-state index contributed by atoms with van der Waals surface area (Å²) in [6.45, 7) is 0. The first-order valence-corrected chi connectivity index (χ1v) is 4.74. The molecule has 6 heteroatoms. The Morgan fingerprint density at radius 1 is 1.58 bits per heavy atom. The van der Waals surface area contributed by atoms with Crippen LogP contribution in [-0.2, 0) is 0 Å². The van der Waals surface area contributed by atoms with Crippen LogP contribution in [0.1, 0.15) is 4.88 Å². The molecule has 4 nitrogen and oxygen atoms in total. The molecule has 0 aliphatic heterocycles. The van der Waals surface area contributed by atoms with Crippen LogP contribution in [0, 0.1) is 22.7 Å². The average Bonchev–Trinajstić information content (AvgIpc) is 2.43. The van der Waals surface area contributed by atoms with Crippen molar-refractivity contribution in [1.29, 1.82) is 10.5 Å². The third-order valence-electron chi connectivity index (χ3n) is 0.995. The van der Waals surface area contributed by atoms with E-state index in [0.29, 0.717) is 15.0 Å². The fourth-order valence-corrected chi connectivity index (χ4v) is 2.08. The molecule has 1 heterocycles. The predicted octanol–water partition coefficient (Wildman–Crippen LogP) is 1.21. The maximum absolute atomic E-state index is 8.52. The van der Waals surface area contributed by atoms with Crippen LogP contribution in [-0.4, -0.2) is 10.7 Å². The molecule has 0 atom stereocenters. The number of thioether (sulfide) groups is 1. The van der Waals surface area contributed by atoms with Crippen LogP contribution >= 0.6 is 23.1 Å². The first kappa shape index (κ1) is 8.85. The second kappa shape index (κ2) is 3.96. The van der Waals surface area contributed by atoms with Crippen LogP contribution in [0.15, 0.2) is 4.34 Å². The van der Waals surface area contributed by atoms with Crippen LogP contribution in [0.2, 0.25) is 0 Å². The summed E-state index contributed by atoms with van der Waals surface area (Å²) in [6, 6.07) is 3.90. The van der Waals surface area contributed by atoms with E-state index < -0.39 is 0 Å². The number of hydrogen-bond acceptors (Lipinski definition) is 6. The molecule has 0 amide bonds. The number of anilines is 1. The Hall–Kier alpha value is -1.24. The second-order valence-electron chi connectivity index (χ2n) is 1.75. The highest BCUT2D eigenvalue weighted by atomic mass is 32.2. The summed E-state index contributed by atoms with van der Waals surface area (Å²) < 4.78 is 0.672. The van der Waals surface area contributed by atoms with Gasteiger partial charge in [-0.2, -0.15) is 10.5 Å². The van der Waals surface area contributed by atoms with Crippen molar-refractivity contribution in [1.82, 2.24) is 4.98 Å².